The molecule has 4 heteroatoms. The number of carbonyl (C=O) groups is 2. The van der Waals surface area contributed by atoms with Crippen molar-refractivity contribution in [3.63, 3.8) is 0 Å². The van der Waals surface area contributed by atoms with Gasteiger partial charge in [-0.25, -0.2) is 0 Å². The van der Waals surface area contributed by atoms with E-state index < -0.39 is 0 Å². The van der Waals surface area contributed by atoms with Gasteiger partial charge in [0.25, 0.3) is 12.9 Å². The Labute approximate surface area is 205 Å². The van der Waals surface area contributed by atoms with E-state index in [2.05, 4.69) is 59.9 Å². The molecule has 0 bridgehead atoms. The molecule has 182 valence electrons. The minimum absolute atomic E-state index is 0.318. The van der Waals surface area contributed by atoms with Crippen LogP contribution in [0.1, 0.15) is 51.3 Å². The number of hydrogen-bond donors (Lipinski definition) is 0. The van der Waals surface area contributed by atoms with Crippen molar-refractivity contribution in [3.8, 4) is 5.75 Å². The zero-order chi connectivity index (χ0) is 26.2. The summed E-state index contributed by atoms with van der Waals surface area (Å²) in [5, 5.41) is 0. The summed E-state index contributed by atoms with van der Waals surface area (Å²) in [6, 6.07) is 15.8. The van der Waals surface area contributed by atoms with Crippen molar-refractivity contribution in [2.24, 2.45) is 0 Å². The summed E-state index contributed by atoms with van der Waals surface area (Å²) in [5.41, 5.74) is 4.56. The van der Waals surface area contributed by atoms with Crippen molar-refractivity contribution in [1.82, 2.24) is 0 Å². The molecule has 2 rings (SSSR count). The van der Waals surface area contributed by atoms with Crippen LogP contribution in [0, 0.1) is 6.92 Å². The second-order valence-corrected chi connectivity index (χ2v) is 6.55. The highest BCUT2D eigenvalue weighted by molar-refractivity contribution is 5.52. The summed E-state index contributed by atoms with van der Waals surface area (Å²) in [5.74, 6) is 0.885. The van der Waals surface area contributed by atoms with E-state index in [1.54, 1.807) is 24.3 Å². The molecule has 0 aliphatic heterocycles. The molecule has 34 heavy (non-hydrogen) atoms. The number of benzene rings is 2. The SMILES string of the molecule is C/C=C/c1ccc(C)cc1.C/C=C/c1ccc(OC=O)cc1.C=C(C)/C=C\C(=C)OC=O.CC. The lowest BCUT2D eigenvalue weighted by Crippen LogP contribution is -1.87. The maximum atomic E-state index is 9.95. The number of rotatable bonds is 8. The van der Waals surface area contributed by atoms with Gasteiger partial charge in [0.05, 0.1) is 0 Å². The zero-order valence-corrected chi connectivity index (χ0v) is 21.3. The van der Waals surface area contributed by atoms with Crippen molar-refractivity contribution < 1.29 is 19.1 Å². The van der Waals surface area contributed by atoms with Crippen molar-refractivity contribution in [3.05, 3.63) is 114 Å². The van der Waals surface area contributed by atoms with E-state index in [0.717, 1.165) is 11.1 Å². The lowest BCUT2D eigenvalue weighted by Gasteiger charge is -1.96. The van der Waals surface area contributed by atoms with Crippen LogP contribution in [0.2, 0.25) is 0 Å². The Kier molecular flexibility index (Phi) is 21.1. The van der Waals surface area contributed by atoms with E-state index in [1.807, 2.05) is 65.0 Å². The summed E-state index contributed by atoms with van der Waals surface area (Å²) in [6.45, 7) is 19.7. The Morgan fingerprint density at radius 3 is 1.62 bits per heavy atom. The van der Waals surface area contributed by atoms with Gasteiger partial charge in [0.2, 0.25) is 0 Å². The van der Waals surface area contributed by atoms with Crippen LogP contribution in [-0.2, 0) is 14.3 Å². The molecule has 2 aromatic rings. The summed E-state index contributed by atoms with van der Waals surface area (Å²) in [6.07, 6.45) is 11.4. The molecule has 0 saturated carbocycles. The van der Waals surface area contributed by atoms with Crippen LogP contribution < -0.4 is 4.74 Å². The maximum absolute atomic E-state index is 9.95. The first-order valence-electron chi connectivity index (χ1n) is 11.0. The summed E-state index contributed by atoms with van der Waals surface area (Å²) >= 11 is 0. The van der Waals surface area contributed by atoms with Gasteiger partial charge in [0.15, 0.2) is 0 Å². The molecule has 0 N–H and O–H groups in total. The van der Waals surface area contributed by atoms with Gasteiger partial charge in [0, 0.05) is 0 Å². The quantitative estimate of drug-likeness (QED) is 0.226. The normalized spacial score (nSPS) is 9.59. The van der Waals surface area contributed by atoms with Crippen molar-refractivity contribution >= 4 is 25.1 Å². The Bertz CT molecular complexity index is 915. The average molecular weight is 463 g/mol. The smallest absolute Gasteiger partial charge is 0.298 e. The molecule has 0 unspecified atom stereocenters. The van der Waals surface area contributed by atoms with Gasteiger partial charge >= 0.3 is 0 Å². The van der Waals surface area contributed by atoms with Crippen LogP contribution in [0.15, 0.2) is 97.3 Å². The molecule has 0 aromatic heterocycles. The molecule has 0 aliphatic rings. The fourth-order valence-corrected chi connectivity index (χ4v) is 2.11. The summed E-state index contributed by atoms with van der Waals surface area (Å²) < 4.78 is 9.02. The van der Waals surface area contributed by atoms with Gasteiger partial charge in [-0.3, -0.25) is 9.59 Å². The summed E-state index contributed by atoms with van der Waals surface area (Å²) in [7, 11) is 0. The third-order valence-corrected chi connectivity index (χ3v) is 3.61. The molecule has 0 saturated heterocycles. The Hall–Kier alpha value is -3.92. The van der Waals surface area contributed by atoms with E-state index in [-0.39, 0.29) is 0 Å². The lowest BCUT2D eigenvalue weighted by molar-refractivity contribution is -0.124. The van der Waals surface area contributed by atoms with Gasteiger partial charge < -0.3 is 9.47 Å². The topological polar surface area (TPSA) is 52.6 Å². The summed E-state index contributed by atoms with van der Waals surface area (Å²) in [4.78, 5) is 19.7. The van der Waals surface area contributed by atoms with E-state index in [9.17, 15) is 9.59 Å². The first kappa shape index (κ1) is 32.3. The fraction of sp³-hybridized carbons (Fsp3) is 0.200. The van der Waals surface area contributed by atoms with Gasteiger partial charge in [-0.1, -0.05) is 105 Å². The highest BCUT2D eigenvalue weighted by Crippen LogP contribution is 2.12. The monoisotopic (exact) mass is 462 g/mol. The van der Waals surface area contributed by atoms with Crippen LogP contribution in [0.25, 0.3) is 12.2 Å². The number of ether oxygens (including phenoxy) is 2. The molecule has 0 atom stereocenters. The minimum atomic E-state index is 0.318. The molecule has 2 aromatic carbocycles. The van der Waals surface area contributed by atoms with Crippen LogP contribution in [0.3, 0.4) is 0 Å². The van der Waals surface area contributed by atoms with E-state index in [0.29, 0.717) is 24.5 Å². The third-order valence-electron chi connectivity index (χ3n) is 3.61. The average Bonchev–Trinajstić information content (AvgIpc) is 2.83. The zero-order valence-electron chi connectivity index (χ0n) is 21.3. The Morgan fingerprint density at radius 2 is 1.24 bits per heavy atom. The molecular formula is C30H38O4. The van der Waals surface area contributed by atoms with Crippen LogP contribution in [0.4, 0.5) is 0 Å². The maximum Gasteiger partial charge on any atom is 0.298 e. The highest BCUT2D eigenvalue weighted by Gasteiger charge is 1.90. The van der Waals surface area contributed by atoms with Crippen molar-refractivity contribution in [1.29, 1.82) is 0 Å². The molecule has 0 spiro atoms. The van der Waals surface area contributed by atoms with Gasteiger partial charge in [-0.15, -0.1) is 0 Å². The molecule has 4 nitrogen and oxygen atoms in total. The predicted octanol–water partition coefficient (Wildman–Crippen LogP) is 8.11. The minimum Gasteiger partial charge on any atom is -0.429 e. The molecule has 0 fully saturated rings. The molecule has 0 heterocycles. The second-order valence-electron chi connectivity index (χ2n) is 6.55. The predicted molar refractivity (Wildman–Crippen MR) is 145 cm³/mol. The van der Waals surface area contributed by atoms with Gasteiger partial charge in [-0.05, 0) is 57.0 Å². The Morgan fingerprint density at radius 1 is 0.765 bits per heavy atom. The van der Waals surface area contributed by atoms with Crippen LogP contribution >= 0.6 is 0 Å². The van der Waals surface area contributed by atoms with E-state index in [4.69, 9.17) is 0 Å². The van der Waals surface area contributed by atoms with Crippen molar-refractivity contribution in [2.45, 2.75) is 41.5 Å². The van der Waals surface area contributed by atoms with Crippen molar-refractivity contribution in [2.75, 3.05) is 0 Å². The van der Waals surface area contributed by atoms with Gasteiger partial charge in [-0.2, -0.15) is 0 Å². The second kappa shape index (κ2) is 22.3. The first-order chi connectivity index (χ1) is 16.4. The number of carbonyl (C=O) groups excluding carboxylic acids is 2. The Balaban J connectivity index is 0. The van der Waals surface area contributed by atoms with E-state index >= 15 is 0 Å². The number of aryl methyl sites for hydroxylation is 1. The van der Waals surface area contributed by atoms with Gasteiger partial charge in [0.1, 0.15) is 11.5 Å². The van der Waals surface area contributed by atoms with Crippen LogP contribution in [-0.4, -0.2) is 12.9 Å². The number of allylic oxidation sites excluding steroid dienone is 5. The molecule has 0 amide bonds. The largest absolute Gasteiger partial charge is 0.429 e. The standard InChI is InChI=1S/C10H10O2.C10H12.C8H10O2.C2H6/c1-2-3-9-4-6-10(7-5-9)12-8-11;1-3-4-10-7-5-9(2)6-8-10;1-7(2)4-5-8(3)10-6-9;1-2/h2-8H,1H3;3-8H,1-2H3;4-6H,1,3H2,2H3;1-2H3/b3-2+;4-3+;5-4-;. The molecular weight excluding hydrogens is 424 g/mol. The lowest BCUT2D eigenvalue weighted by atomic mass is 10.1. The number of hydrogen-bond acceptors (Lipinski definition) is 4. The third kappa shape index (κ3) is 18.8. The molecule has 0 radical (unpaired) electrons. The first-order valence-corrected chi connectivity index (χ1v) is 11.0. The van der Waals surface area contributed by atoms with Crippen LogP contribution in [0.5, 0.6) is 5.75 Å². The molecule has 0 aliphatic carbocycles. The fourth-order valence-electron chi connectivity index (χ4n) is 2.11. The highest BCUT2D eigenvalue weighted by atomic mass is 16.5. The van der Waals surface area contributed by atoms with E-state index in [1.165, 1.54) is 11.1 Å².